The highest BCUT2D eigenvalue weighted by Gasteiger charge is 2.26. The first-order chi connectivity index (χ1) is 8.24. The van der Waals surface area contributed by atoms with E-state index in [-0.39, 0.29) is 0 Å². The molecule has 90 valence electrons. The van der Waals surface area contributed by atoms with Crippen molar-refractivity contribution in [2.75, 3.05) is 0 Å². The van der Waals surface area contributed by atoms with Gasteiger partial charge >= 0.3 is 0 Å². The molecule has 2 aromatic rings. The van der Waals surface area contributed by atoms with Crippen LogP contribution in [0.1, 0.15) is 42.3 Å². The molecule has 1 fully saturated rings. The van der Waals surface area contributed by atoms with Crippen molar-refractivity contribution >= 4 is 37.9 Å². The lowest BCUT2D eigenvalue weighted by Crippen LogP contribution is -2.20. The van der Waals surface area contributed by atoms with E-state index < -0.39 is 0 Å². The average molecular weight is 264 g/mol. The normalized spacial score (nSPS) is 25.2. The maximum atomic E-state index is 12.4. The third-order valence-electron chi connectivity index (χ3n) is 3.77. The van der Waals surface area contributed by atoms with Crippen molar-refractivity contribution in [1.29, 1.82) is 0 Å². The maximum absolute atomic E-state index is 12.4. The second-order valence-corrected chi connectivity index (χ2v) is 7.11. The van der Waals surface area contributed by atoms with E-state index in [1.807, 2.05) is 0 Å². The first-order valence-electron chi connectivity index (χ1n) is 6.25. The second kappa shape index (κ2) is 4.54. The molecule has 0 aromatic carbocycles. The van der Waals surface area contributed by atoms with Crippen LogP contribution < -0.4 is 0 Å². The molecule has 3 rings (SSSR count). The molecular weight excluding hydrogens is 248 g/mol. The molecule has 2 aromatic heterocycles. The summed E-state index contributed by atoms with van der Waals surface area (Å²) < 4.78 is 2.53. The third kappa shape index (κ3) is 2.18. The Hall–Kier alpha value is -0.670. The van der Waals surface area contributed by atoms with Gasteiger partial charge in [0.25, 0.3) is 0 Å². The van der Waals surface area contributed by atoms with Crippen molar-refractivity contribution in [2.45, 2.75) is 32.6 Å². The average Bonchev–Trinajstić information content (AvgIpc) is 2.89. The fourth-order valence-electron chi connectivity index (χ4n) is 2.61. The summed E-state index contributed by atoms with van der Waals surface area (Å²) in [7, 11) is 0. The highest BCUT2D eigenvalue weighted by atomic mass is 32.1. The monoisotopic (exact) mass is 264 g/mol. The molecule has 1 saturated carbocycles. The van der Waals surface area contributed by atoms with Crippen molar-refractivity contribution in [1.82, 2.24) is 0 Å². The minimum Gasteiger partial charge on any atom is -0.293 e. The number of fused-ring (bicyclic) bond motifs is 1. The zero-order valence-corrected chi connectivity index (χ0v) is 11.6. The zero-order valence-electron chi connectivity index (χ0n) is 9.94. The topological polar surface area (TPSA) is 17.1 Å². The van der Waals surface area contributed by atoms with Crippen LogP contribution >= 0.6 is 22.7 Å². The number of rotatable bonds is 2. The Bertz CT molecular complexity index is 501. The minimum atomic E-state index is 0.291. The summed E-state index contributed by atoms with van der Waals surface area (Å²) >= 11 is 3.40. The van der Waals surface area contributed by atoms with Gasteiger partial charge in [0.05, 0.1) is 4.88 Å². The molecule has 2 heterocycles. The van der Waals surface area contributed by atoms with E-state index in [4.69, 9.17) is 0 Å². The Morgan fingerprint density at radius 3 is 2.71 bits per heavy atom. The van der Waals surface area contributed by atoms with Crippen molar-refractivity contribution in [3.05, 3.63) is 22.4 Å². The van der Waals surface area contributed by atoms with Crippen LogP contribution in [-0.4, -0.2) is 5.78 Å². The molecule has 0 radical (unpaired) electrons. The number of thiophene rings is 2. The lowest BCUT2D eigenvalue weighted by Gasteiger charge is -2.24. The highest BCUT2D eigenvalue weighted by Crippen LogP contribution is 2.35. The van der Waals surface area contributed by atoms with E-state index in [0.717, 1.165) is 23.6 Å². The van der Waals surface area contributed by atoms with Gasteiger partial charge in [-0.25, -0.2) is 0 Å². The summed E-state index contributed by atoms with van der Waals surface area (Å²) in [5, 5.41) is 2.09. The minimum absolute atomic E-state index is 0.291. The lowest BCUT2D eigenvalue weighted by molar-refractivity contribution is 0.0880. The molecule has 0 bridgehead atoms. The molecule has 17 heavy (non-hydrogen) atoms. The number of hydrogen-bond acceptors (Lipinski definition) is 3. The summed E-state index contributed by atoms with van der Waals surface area (Å²) in [6.07, 6.45) is 4.61. The fourth-order valence-corrected chi connectivity index (χ4v) is 4.74. The molecule has 3 heteroatoms. The Balaban J connectivity index is 1.79. The lowest BCUT2D eigenvalue weighted by atomic mass is 9.80. The van der Waals surface area contributed by atoms with Gasteiger partial charge in [0.1, 0.15) is 0 Å². The van der Waals surface area contributed by atoms with Gasteiger partial charge in [-0.3, -0.25) is 4.79 Å². The number of carbonyl (C=O) groups excluding carboxylic acids is 1. The van der Waals surface area contributed by atoms with E-state index in [1.54, 1.807) is 22.7 Å². The van der Waals surface area contributed by atoms with E-state index >= 15 is 0 Å². The second-order valence-electron chi connectivity index (χ2n) is 5.08. The van der Waals surface area contributed by atoms with Crippen molar-refractivity contribution in [2.24, 2.45) is 11.8 Å². The predicted molar refractivity (Wildman–Crippen MR) is 75.2 cm³/mol. The molecule has 1 nitrogen and oxygen atoms in total. The predicted octanol–water partition coefficient (Wildman–Crippen LogP) is 4.97. The maximum Gasteiger partial charge on any atom is 0.175 e. The summed E-state index contributed by atoms with van der Waals surface area (Å²) in [5.74, 6) is 1.50. The molecule has 0 aliphatic heterocycles. The molecule has 1 aliphatic rings. The summed E-state index contributed by atoms with van der Waals surface area (Å²) in [5.41, 5.74) is 0. The first kappa shape index (κ1) is 11.4. The molecular formula is C14H16OS2. The smallest absolute Gasteiger partial charge is 0.175 e. The van der Waals surface area contributed by atoms with Gasteiger partial charge in [0.2, 0.25) is 0 Å². The molecule has 0 N–H and O–H groups in total. The van der Waals surface area contributed by atoms with Crippen LogP contribution in [0.2, 0.25) is 0 Å². The molecule has 0 spiro atoms. The third-order valence-corrected chi connectivity index (χ3v) is 5.88. The highest BCUT2D eigenvalue weighted by molar-refractivity contribution is 7.27. The van der Waals surface area contributed by atoms with Gasteiger partial charge in [-0.05, 0) is 36.3 Å². The van der Waals surface area contributed by atoms with Crippen LogP contribution in [0.15, 0.2) is 17.5 Å². The number of ketones is 1. The van der Waals surface area contributed by atoms with E-state index in [2.05, 4.69) is 24.4 Å². The number of Topliss-reactive ketones (excluding diaryl/α,β-unsaturated/α-hetero) is 1. The Morgan fingerprint density at radius 2 is 2.00 bits per heavy atom. The molecule has 1 aliphatic carbocycles. The SMILES string of the molecule is CC1CCC(C(=O)c2cc3sccc3s2)CC1. The standard InChI is InChI=1S/C14H16OS2/c1-9-2-4-10(5-3-9)14(15)13-8-12-11(17-13)6-7-16-12/h6-10H,2-5H2,1H3. The van der Waals surface area contributed by atoms with Gasteiger partial charge in [-0.1, -0.05) is 19.8 Å². The molecule has 0 atom stereocenters. The Morgan fingerprint density at radius 1 is 1.24 bits per heavy atom. The van der Waals surface area contributed by atoms with Gasteiger partial charge in [0.15, 0.2) is 5.78 Å². The van der Waals surface area contributed by atoms with Crippen LogP contribution in [-0.2, 0) is 0 Å². The number of hydrogen-bond donors (Lipinski definition) is 0. The largest absolute Gasteiger partial charge is 0.293 e. The first-order valence-corrected chi connectivity index (χ1v) is 7.95. The van der Waals surface area contributed by atoms with Crippen molar-refractivity contribution in [3.8, 4) is 0 Å². The summed E-state index contributed by atoms with van der Waals surface area (Å²) in [4.78, 5) is 13.4. The molecule has 0 unspecified atom stereocenters. The van der Waals surface area contributed by atoms with E-state index in [1.165, 1.54) is 22.2 Å². The fraction of sp³-hybridized carbons (Fsp3) is 0.500. The quantitative estimate of drug-likeness (QED) is 0.700. The van der Waals surface area contributed by atoms with Crippen LogP contribution in [0.5, 0.6) is 0 Å². The Labute approximate surface area is 109 Å². The van der Waals surface area contributed by atoms with E-state index in [0.29, 0.717) is 11.7 Å². The van der Waals surface area contributed by atoms with Gasteiger partial charge in [-0.2, -0.15) is 0 Å². The summed E-state index contributed by atoms with van der Waals surface area (Å²) in [6, 6.07) is 4.20. The van der Waals surface area contributed by atoms with Crippen LogP contribution in [0.4, 0.5) is 0 Å². The van der Waals surface area contributed by atoms with Crippen LogP contribution in [0.3, 0.4) is 0 Å². The zero-order chi connectivity index (χ0) is 11.8. The molecule has 0 saturated heterocycles. The van der Waals surface area contributed by atoms with Gasteiger partial charge < -0.3 is 0 Å². The number of carbonyl (C=O) groups is 1. The van der Waals surface area contributed by atoms with Gasteiger partial charge in [-0.15, -0.1) is 22.7 Å². The van der Waals surface area contributed by atoms with Crippen LogP contribution in [0.25, 0.3) is 9.40 Å². The summed E-state index contributed by atoms with van der Waals surface area (Å²) in [6.45, 7) is 2.29. The van der Waals surface area contributed by atoms with Gasteiger partial charge in [0, 0.05) is 15.3 Å². The molecule has 0 amide bonds. The van der Waals surface area contributed by atoms with Crippen molar-refractivity contribution in [3.63, 3.8) is 0 Å². The Kier molecular flexibility index (Phi) is 3.05. The van der Waals surface area contributed by atoms with Crippen molar-refractivity contribution < 1.29 is 4.79 Å². The van der Waals surface area contributed by atoms with Crippen LogP contribution in [0, 0.1) is 11.8 Å². The van der Waals surface area contributed by atoms with E-state index in [9.17, 15) is 4.79 Å².